The highest BCUT2D eigenvalue weighted by Gasteiger charge is 2.34. The molecule has 10 heteroatoms. The first-order valence-corrected chi connectivity index (χ1v) is 16.0. The number of rotatable bonds is 12. The fraction of sp³-hybridized carbons (Fsp3) is 0.355. The second kappa shape index (κ2) is 14.2. The number of hydrogen-bond acceptors (Lipinski definition) is 4. The van der Waals surface area contributed by atoms with E-state index in [9.17, 15) is 18.0 Å². The molecular formula is C31H37Cl2N3O4S. The number of amides is 2. The van der Waals surface area contributed by atoms with Gasteiger partial charge in [0.05, 0.1) is 11.9 Å². The maximum absolute atomic E-state index is 14.2. The van der Waals surface area contributed by atoms with Crippen molar-refractivity contribution in [2.75, 3.05) is 23.7 Å². The highest BCUT2D eigenvalue weighted by Crippen LogP contribution is 2.29. The predicted octanol–water partition coefficient (Wildman–Crippen LogP) is 5.79. The highest BCUT2D eigenvalue weighted by atomic mass is 35.5. The van der Waals surface area contributed by atoms with Gasteiger partial charge in [-0.25, -0.2) is 8.42 Å². The lowest BCUT2D eigenvalue weighted by Crippen LogP contribution is -2.53. The topological polar surface area (TPSA) is 86.8 Å². The number of aryl methyl sites for hydroxylation is 2. The van der Waals surface area contributed by atoms with E-state index < -0.39 is 28.5 Å². The zero-order valence-corrected chi connectivity index (χ0v) is 26.4. The van der Waals surface area contributed by atoms with Gasteiger partial charge in [-0.1, -0.05) is 91.1 Å². The lowest BCUT2D eigenvalue weighted by Gasteiger charge is -2.34. The van der Waals surface area contributed by atoms with Crippen molar-refractivity contribution in [2.24, 2.45) is 5.92 Å². The van der Waals surface area contributed by atoms with Crippen molar-refractivity contribution in [3.8, 4) is 0 Å². The van der Waals surface area contributed by atoms with Crippen LogP contribution in [0.1, 0.15) is 36.1 Å². The van der Waals surface area contributed by atoms with Crippen molar-refractivity contribution in [3.63, 3.8) is 0 Å². The van der Waals surface area contributed by atoms with Crippen LogP contribution in [-0.4, -0.2) is 50.5 Å². The molecule has 0 aliphatic rings. The number of carbonyl (C=O) groups is 2. The molecule has 0 radical (unpaired) electrons. The molecule has 3 rings (SSSR count). The molecular weight excluding hydrogens is 581 g/mol. The Bertz CT molecular complexity index is 1460. The summed E-state index contributed by atoms with van der Waals surface area (Å²) in [7, 11) is -3.86. The molecule has 0 saturated carbocycles. The summed E-state index contributed by atoms with van der Waals surface area (Å²) in [5.74, 6) is -0.729. The molecule has 3 aromatic carbocycles. The summed E-state index contributed by atoms with van der Waals surface area (Å²) in [6.45, 7) is 7.48. The smallest absolute Gasteiger partial charge is 0.244 e. The van der Waals surface area contributed by atoms with Crippen LogP contribution in [0.25, 0.3) is 0 Å². The van der Waals surface area contributed by atoms with Crippen LogP contribution in [0.3, 0.4) is 0 Å². The molecule has 0 saturated heterocycles. The zero-order chi connectivity index (χ0) is 30.3. The number of anilines is 1. The summed E-state index contributed by atoms with van der Waals surface area (Å²) in [6.07, 6.45) is 1.27. The van der Waals surface area contributed by atoms with Crippen LogP contribution in [0.5, 0.6) is 0 Å². The van der Waals surface area contributed by atoms with Crippen LogP contribution in [0.4, 0.5) is 5.69 Å². The Morgan fingerprint density at radius 2 is 1.56 bits per heavy atom. The molecule has 0 aliphatic heterocycles. The molecule has 41 heavy (non-hydrogen) atoms. The number of nitrogens with one attached hydrogen (secondary N) is 1. The molecule has 7 nitrogen and oxygen atoms in total. The van der Waals surface area contributed by atoms with E-state index >= 15 is 0 Å². The Morgan fingerprint density at radius 1 is 0.927 bits per heavy atom. The van der Waals surface area contributed by atoms with E-state index in [1.807, 2.05) is 57.2 Å². The molecule has 0 aromatic heterocycles. The number of halogens is 2. The van der Waals surface area contributed by atoms with Gasteiger partial charge in [0.2, 0.25) is 21.8 Å². The minimum atomic E-state index is -3.86. The average Bonchev–Trinajstić information content (AvgIpc) is 2.89. The maximum Gasteiger partial charge on any atom is 0.244 e. The fourth-order valence-corrected chi connectivity index (χ4v) is 5.93. The first-order chi connectivity index (χ1) is 19.3. The third-order valence-electron chi connectivity index (χ3n) is 6.65. The van der Waals surface area contributed by atoms with E-state index in [-0.39, 0.29) is 24.8 Å². The van der Waals surface area contributed by atoms with Gasteiger partial charge in [-0.3, -0.25) is 13.9 Å². The normalized spacial score (nSPS) is 12.2. The third kappa shape index (κ3) is 8.96. The van der Waals surface area contributed by atoms with Gasteiger partial charge in [0.1, 0.15) is 12.6 Å². The molecule has 0 aliphatic carbocycles. The van der Waals surface area contributed by atoms with Crippen molar-refractivity contribution >= 4 is 50.7 Å². The van der Waals surface area contributed by atoms with Crippen molar-refractivity contribution < 1.29 is 18.0 Å². The van der Waals surface area contributed by atoms with Gasteiger partial charge in [0.15, 0.2) is 0 Å². The van der Waals surface area contributed by atoms with Gasteiger partial charge >= 0.3 is 0 Å². The molecule has 0 heterocycles. The Labute approximate surface area is 253 Å². The molecule has 0 unspecified atom stereocenters. The number of hydrogen-bond donors (Lipinski definition) is 1. The molecule has 1 N–H and O–H groups in total. The van der Waals surface area contributed by atoms with E-state index in [1.165, 1.54) is 4.90 Å². The summed E-state index contributed by atoms with van der Waals surface area (Å²) in [5.41, 5.74) is 3.38. The number of sulfonamides is 1. The van der Waals surface area contributed by atoms with Gasteiger partial charge < -0.3 is 10.2 Å². The Hall–Kier alpha value is -3.07. The number of carbonyl (C=O) groups excluding carboxylic acids is 2. The molecule has 0 bridgehead atoms. The second-order valence-electron chi connectivity index (χ2n) is 10.6. The fourth-order valence-electron chi connectivity index (χ4n) is 4.51. The molecule has 0 fully saturated rings. The Morgan fingerprint density at radius 3 is 2.12 bits per heavy atom. The monoisotopic (exact) mass is 617 g/mol. The van der Waals surface area contributed by atoms with Gasteiger partial charge in [-0.15, -0.1) is 0 Å². The minimum Gasteiger partial charge on any atom is -0.354 e. The van der Waals surface area contributed by atoms with Crippen LogP contribution < -0.4 is 9.62 Å². The van der Waals surface area contributed by atoms with Gasteiger partial charge in [0, 0.05) is 35.1 Å². The van der Waals surface area contributed by atoms with Crippen molar-refractivity contribution in [2.45, 2.75) is 46.7 Å². The Kier molecular flexibility index (Phi) is 11.2. The van der Waals surface area contributed by atoms with Gasteiger partial charge in [-0.2, -0.15) is 0 Å². The highest BCUT2D eigenvalue weighted by molar-refractivity contribution is 7.92. The van der Waals surface area contributed by atoms with Crippen LogP contribution >= 0.6 is 23.2 Å². The molecule has 1 atom stereocenters. The number of nitrogens with zero attached hydrogens (tertiary/aromatic N) is 2. The van der Waals surface area contributed by atoms with Crippen molar-refractivity contribution in [1.82, 2.24) is 10.2 Å². The average molecular weight is 619 g/mol. The Balaban J connectivity index is 2.11. The predicted molar refractivity (Wildman–Crippen MR) is 167 cm³/mol. The quantitative estimate of drug-likeness (QED) is 0.279. The van der Waals surface area contributed by atoms with E-state index in [1.54, 1.807) is 37.3 Å². The summed E-state index contributed by atoms with van der Waals surface area (Å²) in [6, 6.07) is 18.8. The van der Waals surface area contributed by atoms with Crippen molar-refractivity contribution in [1.29, 1.82) is 0 Å². The minimum absolute atomic E-state index is 0.0889. The van der Waals surface area contributed by atoms with Crippen LogP contribution in [0.15, 0.2) is 66.7 Å². The van der Waals surface area contributed by atoms with Crippen LogP contribution in [0, 0.1) is 19.8 Å². The summed E-state index contributed by atoms with van der Waals surface area (Å²) >= 11 is 13.0. The third-order valence-corrected chi connectivity index (χ3v) is 8.48. The summed E-state index contributed by atoms with van der Waals surface area (Å²) in [5, 5.41) is 3.63. The van der Waals surface area contributed by atoms with E-state index in [4.69, 9.17) is 23.2 Å². The van der Waals surface area contributed by atoms with E-state index in [0.29, 0.717) is 33.4 Å². The first kappa shape index (κ1) is 32.4. The molecule has 0 spiro atoms. The van der Waals surface area contributed by atoms with Crippen LogP contribution in [0.2, 0.25) is 10.0 Å². The molecule has 3 aromatic rings. The lowest BCUT2D eigenvalue weighted by molar-refractivity contribution is -0.140. The molecule has 2 amide bonds. The maximum atomic E-state index is 14.2. The lowest BCUT2D eigenvalue weighted by atomic mass is 10.0. The van der Waals surface area contributed by atoms with E-state index in [2.05, 4.69) is 5.32 Å². The second-order valence-corrected chi connectivity index (χ2v) is 13.3. The first-order valence-electron chi connectivity index (χ1n) is 13.4. The van der Waals surface area contributed by atoms with Crippen LogP contribution in [-0.2, 0) is 32.6 Å². The van der Waals surface area contributed by atoms with Gasteiger partial charge in [0.25, 0.3) is 0 Å². The van der Waals surface area contributed by atoms with Gasteiger partial charge in [-0.05, 0) is 49.1 Å². The summed E-state index contributed by atoms with van der Waals surface area (Å²) < 4.78 is 27.1. The SMILES string of the molecule is Cc1ccc(N(CC(=O)N(Cc2c(Cl)cccc2Cl)[C@@H](Cc2ccccc2)C(=O)NCC(C)C)S(C)(=O)=O)c(C)c1. The molecule has 220 valence electrons. The van der Waals surface area contributed by atoms with Crippen molar-refractivity contribution in [3.05, 3.63) is 99.0 Å². The number of benzene rings is 3. The largest absolute Gasteiger partial charge is 0.354 e. The summed E-state index contributed by atoms with van der Waals surface area (Å²) in [4.78, 5) is 29.3. The standard InChI is InChI=1S/C31H37Cl2N3O4S/c1-21(2)18-34-31(38)29(17-24-10-7-6-8-11-24)35(19-25-26(32)12-9-13-27(25)33)30(37)20-36(41(5,39)40)28-15-14-22(3)16-23(28)4/h6-16,21,29H,17-20H2,1-5H3,(H,34,38)/t29-/m0/s1. The van der Waals surface area contributed by atoms with E-state index in [0.717, 1.165) is 21.7 Å². The zero-order valence-electron chi connectivity index (χ0n) is 24.0.